The molecule has 0 aliphatic heterocycles. The minimum absolute atomic E-state index is 0.141. The highest BCUT2D eigenvalue weighted by Gasteiger charge is 2.19. The van der Waals surface area contributed by atoms with E-state index in [9.17, 15) is 4.79 Å². The molecule has 0 saturated heterocycles. The van der Waals surface area contributed by atoms with E-state index in [2.05, 4.69) is 11.1 Å². The topological polar surface area (TPSA) is 78.3 Å². The van der Waals surface area contributed by atoms with E-state index < -0.39 is 5.91 Å². The van der Waals surface area contributed by atoms with E-state index >= 15 is 0 Å². The maximum atomic E-state index is 11.7. The maximum absolute atomic E-state index is 11.7. The number of rotatable bonds is 5. The molecule has 1 aromatic heterocycles. The molecule has 0 unspecified atom stereocenters. The van der Waals surface area contributed by atoms with Gasteiger partial charge in [0, 0.05) is 12.0 Å². The van der Waals surface area contributed by atoms with Crippen LogP contribution in [0.3, 0.4) is 0 Å². The minimum atomic E-state index is -0.611. The van der Waals surface area contributed by atoms with Gasteiger partial charge in [-0.25, -0.2) is 4.98 Å². The first kappa shape index (κ1) is 15.8. The Morgan fingerprint density at radius 2 is 1.96 bits per heavy atom. The van der Waals surface area contributed by atoms with Crippen molar-refractivity contribution in [3.63, 3.8) is 0 Å². The van der Waals surface area contributed by atoms with Crippen molar-refractivity contribution >= 4 is 5.91 Å². The molecule has 0 radical (unpaired) electrons. The largest absolute Gasteiger partial charge is 0.497 e. The Labute approximate surface area is 140 Å². The maximum Gasteiger partial charge on any atom is 0.271 e. The van der Waals surface area contributed by atoms with Crippen molar-refractivity contribution in [3.05, 3.63) is 71.2 Å². The number of benzene rings is 2. The Morgan fingerprint density at radius 1 is 1.21 bits per heavy atom. The van der Waals surface area contributed by atoms with Crippen molar-refractivity contribution in [1.29, 1.82) is 0 Å². The van der Waals surface area contributed by atoms with Crippen molar-refractivity contribution in [2.45, 2.75) is 13.3 Å². The molecule has 0 saturated carbocycles. The number of aromatic nitrogens is 1. The standard InChI is InChI=1S/C19H18N2O3/c1-12-4-3-5-13(10-12)11-16-21-17(19(20)22)18(24-16)14-6-8-15(23-2)9-7-14/h3-10H,11H2,1-2H3,(H2,20,22). The molecule has 0 atom stereocenters. The Morgan fingerprint density at radius 3 is 2.58 bits per heavy atom. The highest BCUT2D eigenvalue weighted by molar-refractivity contribution is 5.96. The van der Waals surface area contributed by atoms with E-state index in [1.807, 2.05) is 37.3 Å². The van der Waals surface area contributed by atoms with Crippen molar-refractivity contribution in [3.8, 4) is 17.1 Å². The van der Waals surface area contributed by atoms with Gasteiger partial charge in [-0.05, 0) is 36.8 Å². The van der Waals surface area contributed by atoms with E-state index in [1.165, 1.54) is 0 Å². The average Bonchev–Trinajstić information content (AvgIpc) is 2.99. The van der Waals surface area contributed by atoms with Gasteiger partial charge in [-0.3, -0.25) is 4.79 Å². The molecular weight excluding hydrogens is 304 g/mol. The fraction of sp³-hybridized carbons (Fsp3) is 0.158. The van der Waals surface area contributed by atoms with E-state index in [0.717, 1.165) is 22.4 Å². The molecule has 24 heavy (non-hydrogen) atoms. The molecule has 0 aliphatic rings. The van der Waals surface area contributed by atoms with Gasteiger partial charge in [0.2, 0.25) is 0 Å². The molecule has 0 spiro atoms. The number of nitrogens with two attached hydrogens (primary N) is 1. The fourth-order valence-corrected chi connectivity index (χ4v) is 2.54. The number of carbonyl (C=O) groups is 1. The molecule has 3 aromatic rings. The van der Waals surface area contributed by atoms with Crippen molar-refractivity contribution in [2.75, 3.05) is 7.11 Å². The summed E-state index contributed by atoms with van der Waals surface area (Å²) in [7, 11) is 1.60. The summed E-state index contributed by atoms with van der Waals surface area (Å²) in [5, 5.41) is 0. The monoisotopic (exact) mass is 322 g/mol. The van der Waals surface area contributed by atoms with Crippen molar-refractivity contribution in [1.82, 2.24) is 4.98 Å². The molecule has 122 valence electrons. The van der Waals surface area contributed by atoms with Crippen LogP contribution in [0.2, 0.25) is 0 Å². The molecule has 0 bridgehead atoms. The predicted molar refractivity (Wildman–Crippen MR) is 91.0 cm³/mol. The summed E-state index contributed by atoms with van der Waals surface area (Å²) in [6.45, 7) is 2.02. The average molecular weight is 322 g/mol. The van der Waals surface area contributed by atoms with Gasteiger partial charge in [-0.2, -0.15) is 0 Å². The fourth-order valence-electron chi connectivity index (χ4n) is 2.54. The zero-order chi connectivity index (χ0) is 17.1. The van der Waals surface area contributed by atoms with Crippen LogP contribution in [-0.2, 0) is 6.42 Å². The van der Waals surface area contributed by atoms with Crippen LogP contribution in [0.4, 0.5) is 0 Å². The summed E-state index contributed by atoms with van der Waals surface area (Å²) in [5.41, 5.74) is 8.54. The minimum Gasteiger partial charge on any atom is -0.497 e. The number of hydrogen-bond donors (Lipinski definition) is 1. The van der Waals surface area contributed by atoms with Gasteiger partial charge in [0.1, 0.15) is 5.75 Å². The summed E-state index contributed by atoms with van der Waals surface area (Å²) in [6, 6.07) is 15.3. The van der Waals surface area contributed by atoms with Crippen LogP contribution in [0, 0.1) is 6.92 Å². The van der Waals surface area contributed by atoms with Gasteiger partial charge in [0.15, 0.2) is 17.3 Å². The first-order chi connectivity index (χ1) is 11.6. The Balaban J connectivity index is 1.96. The lowest BCUT2D eigenvalue weighted by Crippen LogP contribution is -2.12. The number of methoxy groups -OCH3 is 1. The summed E-state index contributed by atoms with van der Waals surface area (Å²) >= 11 is 0. The molecule has 1 amide bonds. The highest BCUT2D eigenvalue weighted by atomic mass is 16.5. The first-order valence-electron chi connectivity index (χ1n) is 7.56. The highest BCUT2D eigenvalue weighted by Crippen LogP contribution is 2.27. The third-order valence-electron chi connectivity index (χ3n) is 3.69. The van der Waals surface area contributed by atoms with Crippen LogP contribution >= 0.6 is 0 Å². The van der Waals surface area contributed by atoms with Crippen molar-refractivity contribution in [2.24, 2.45) is 5.73 Å². The lowest BCUT2D eigenvalue weighted by molar-refractivity contribution is 0.0996. The number of hydrogen-bond acceptors (Lipinski definition) is 4. The van der Waals surface area contributed by atoms with Crippen molar-refractivity contribution < 1.29 is 13.9 Å². The molecule has 2 N–H and O–H groups in total. The van der Waals surface area contributed by atoms with Crippen LogP contribution in [0.5, 0.6) is 5.75 Å². The number of ether oxygens (including phenoxy) is 1. The smallest absolute Gasteiger partial charge is 0.271 e. The molecule has 0 fully saturated rings. The molecule has 5 heteroatoms. The molecule has 1 heterocycles. The number of primary amides is 1. The number of amides is 1. The van der Waals surface area contributed by atoms with E-state index in [4.69, 9.17) is 14.9 Å². The summed E-state index contributed by atoms with van der Waals surface area (Å²) in [6.07, 6.45) is 0.498. The molecule has 0 aliphatic carbocycles. The SMILES string of the molecule is COc1ccc(-c2oc(Cc3cccc(C)c3)nc2C(N)=O)cc1. The molecule has 3 rings (SSSR count). The van der Waals surface area contributed by atoms with Crippen LogP contribution in [0.1, 0.15) is 27.5 Å². The van der Waals surface area contributed by atoms with E-state index in [-0.39, 0.29) is 5.69 Å². The lowest BCUT2D eigenvalue weighted by atomic mass is 10.1. The third kappa shape index (κ3) is 3.30. The van der Waals surface area contributed by atoms with Gasteiger partial charge in [-0.1, -0.05) is 29.8 Å². The van der Waals surface area contributed by atoms with E-state index in [0.29, 0.717) is 18.1 Å². The molecule has 5 nitrogen and oxygen atoms in total. The molecular formula is C19H18N2O3. The van der Waals surface area contributed by atoms with E-state index in [1.54, 1.807) is 19.2 Å². The zero-order valence-electron chi connectivity index (χ0n) is 13.6. The number of carbonyl (C=O) groups excluding carboxylic acids is 1. The predicted octanol–water partition coefficient (Wildman–Crippen LogP) is 3.35. The first-order valence-corrected chi connectivity index (χ1v) is 7.56. The summed E-state index contributed by atoms with van der Waals surface area (Å²) in [5.74, 6) is 0.951. The van der Waals surface area contributed by atoms with Crippen LogP contribution in [-0.4, -0.2) is 18.0 Å². The number of oxazole rings is 1. The van der Waals surface area contributed by atoms with Crippen LogP contribution < -0.4 is 10.5 Å². The van der Waals surface area contributed by atoms with Gasteiger partial charge < -0.3 is 14.9 Å². The molecule has 2 aromatic carbocycles. The number of aryl methyl sites for hydroxylation is 1. The normalized spacial score (nSPS) is 10.6. The zero-order valence-corrected chi connectivity index (χ0v) is 13.6. The number of nitrogens with zero attached hydrogens (tertiary/aromatic N) is 1. The van der Waals surface area contributed by atoms with Gasteiger partial charge in [-0.15, -0.1) is 0 Å². The second-order valence-corrected chi connectivity index (χ2v) is 5.54. The Bertz CT molecular complexity index is 867. The summed E-state index contributed by atoms with van der Waals surface area (Å²) < 4.78 is 11.0. The Kier molecular flexibility index (Phi) is 4.33. The van der Waals surface area contributed by atoms with Crippen LogP contribution in [0.25, 0.3) is 11.3 Å². The summed E-state index contributed by atoms with van der Waals surface area (Å²) in [4.78, 5) is 16.0. The van der Waals surface area contributed by atoms with Gasteiger partial charge in [0.05, 0.1) is 7.11 Å². The van der Waals surface area contributed by atoms with Gasteiger partial charge >= 0.3 is 0 Å². The second-order valence-electron chi connectivity index (χ2n) is 5.54. The quantitative estimate of drug-likeness (QED) is 0.781. The van der Waals surface area contributed by atoms with Gasteiger partial charge in [0.25, 0.3) is 5.91 Å². The lowest BCUT2D eigenvalue weighted by Gasteiger charge is -2.02. The van der Waals surface area contributed by atoms with Crippen LogP contribution in [0.15, 0.2) is 52.9 Å². The second kappa shape index (κ2) is 6.58. The Hall–Kier alpha value is -3.08. The third-order valence-corrected chi connectivity index (χ3v) is 3.69.